The van der Waals surface area contributed by atoms with Crippen molar-refractivity contribution in [1.82, 2.24) is 24.5 Å². The molecular formula is C22H18Cl2F3N7O. The summed E-state index contributed by atoms with van der Waals surface area (Å²) in [6, 6.07) is 11.3. The number of benzene rings is 2. The minimum absolute atomic E-state index is 0.0572. The van der Waals surface area contributed by atoms with Crippen LogP contribution in [0.1, 0.15) is 41.9 Å². The molecule has 0 aliphatic rings. The van der Waals surface area contributed by atoms with Crippen molar-refractivity contribution >= 4 is 40.5 Å². The Morgan fingerprint density at radius 1 is 1.06 bits per heavy atom. The Bertz CT molecular complexity index is 1380. The van der Waals surface area contributed by atoms with Crippen LogP contribution in [0.3, 0.4) is 0 Å². The first-order valence-corrected chi connectivity index (χ1v) is 11.0. The average Bonchev–Trinajstić information content (AvgIpc) is 3.39. The molecule has 2 heterocycles. The molecule has 0 fully saturated rings. The number of nitrogens with one attached hydrogen (secondary N) is 1. The number of nitrogens with zero attached hydrogens (tertiary/aromatic N) is 5. The van der Waals surface area contributed by atoms with Crippen molar-refractivity contribution in [2.75, 3.05) is 5.32 Å². The summed E-state index contributed by atoms with van der Waals surface area (Å²) in [5, 5.41) is 11.5. The van der Waals surface area contributed by atoms with Gasteiger partial charge in [-0.05, 0) is 36.4 Å². The molecule has 13 heteroatoms. The maximum atomic E-state index is 13.1. The summed E-state index contributed by atoms with van der Waals surface area (Å²) in [6.45, 7) is 3.45. The van der Waals surface area contributed by atoms with Gasteiger partial charge in [0.25, 0.3) is 11.7 Å². The van der Waals surface area contributed by atoms with E-state index in [-0.39, 0.29) is 23.1 Å². The van der Waals surface area contributed by atoms with Crippen LogP contribution in [0.15, 0.2) is 48.7 Å². The molecule has 35 heavy (non-hydrogen) atoms. The largest absolute Gasteiger partial charge is 0.453 e. The predicted molar refractivity (Wildman–Crippen MR) is 126 cm³/mol. The minimum atomic E-state index is -4.66. The lowest BCUT2D eigenvalue weighted by Crippen LogP contribution is -2.14. The van der Waals surface area contributed by atoms with Crippen molar-refractivity contribution in [3.63, 3.8) is 0 Å². The van der Waals surface area contributed by atoms with Gasteiger partial charge in [-0.3, -0.25) is 4.79 Å². The van der Waals surface area contributed by atoms with Crippen molar-refractivity contribution in [3.8, 4) is 11.4 Å². The van der Waals surface area contributed by atoms with Gasteiger partial charge in [0.05, 0.1) is 27.6 Å². The molecule has 182 valence electrons. The van der Waals surface area contributed by atoms with Gasteiger partial charge in [0.15, 0.2) is 5.69 Å². The molecule has 0 atom stereocenters. The first-order chi connectivity index (χ1) is 16.5. The summed E-state index contributed by atoms with van der Waals surface area (Å²) in [5.74, 6) is -2.11. The zero-order chi connectivity index (χ0) is 25.5. The number of carbonyl (C=O) groups excluding carboxylic acids is 1. The maximum Gasteiger partial charge on any atom is 0.453 e. The molecule has 0 aliphatic carbocycles. The van der Waals surface area contributed by atoms with Gasteiger partial charge in [0.1, 0.15) is 11.5 Å². The molecule has 3 N–H and O–H groups in total. The highest BCUT2D eigenvalue weighted by atomic mass is 35.5. The number of primary amides is 1. The van der Waals surface area contributed by atoms with E-state index >= 15 is 0 Å². The van der Waals surface area contributed by atoms with E-state index in [1.165, 1.54) is 10.9 Å². The number of anilines is 2. The smallest absolute Gasteiger partial charge is 0.364 e. The normalized spacial score (nSPS) is 11.8. The zero-order valence-electron chi connectivity index (χ0n) is 18.3. The molecule has 4 rings (SSSR count). The van der Waals surface area contributed by atoms with Gasteiger partial charge in [-0.25, -0.2) is 14.3 Å². The number of aromatic nitrogens is 5. The van der Waals surface area contributed by atoms with Crippen molar-refractivity contribution in [1.29, 1.82) is 0 Å². The highest BCUT2D eigenvalue weighted by Gasteiger charge is 2.37. The number of alkyl halides is 3. The van der Waals surface area contributed by atoms with E-state index in [0.29, 0.717) is 27.1 Å². The maximum absolute atomic E-state index is 13.1. The number of halogens is 5. The number of hydrogen-bond acceptors (Lipinski definition) is 5. The molecule has 0 spiro atoms. The lowest BCUT2D eigenvalue weighted by molar-refractivity contribution is -0.144. The third kappa shape index (κ3) is 4.96. The summed E-state index contributed by atoms with van der Waals surface area (Å²) in [5.41, 5.74) is 6.98. The third-order valence-electron chi connectivity index (χ3n) is 4.91. The molecule has 0 saturated carbocycles. The van der Waals surface area contributed by atoms with Crippen LogP contribution in [0.25, 0.3) is 11.4 Å². The highest BCUT2D eigenvalue weighted by molar-refractivity contribution is 6.37. The van der Waals surface area contributed by atoms with E-state index in [1.807, 2.05) is 0 Å². The second-order valence-corrected chi connectivity index (χ2v) is 8.61. The zero-order valence-corrected chi connectivity index (χ0v) is 19.8. The number of carbonyl (C=O) groups is 1. The Morgan fingerprint density at radius 3 is 2.23 bits per heavy atom. The number of para-hydroxylation sites is 1. The van der Waals surface area contributed by atoms with E-state index < -0.39 is 17.9 Å². The summed E-state index contributed by atoms with van der Waals surface area (Å²) in [7, 11) is 0. The fourth-order valence-electron chi connectivity index (χ4n) is 3.32. The van der Waals surface area contributed by atoms with Crippen LogP contribution in [0.5, 0.6) is 0 Å². The monoisotopic (exact) mass is 523 g/mol. The topological polar surface area (TPSA) is 104 Å². The van der Waals surface area contributed by atoms with Gasteiger partial charge < -0.3 is 11.1 Å². The third-order valence-corrected chi connectivity index (χ3v) is 5.52. The lowest BCUT2D eigenvalue weighted by atomic mass is 10.2. The molecule has 0 aliphatic heterocycles. The molecule has 0 unspecified atom stereocenters. The molecule has 2 aromatic heterocycles. The molecule has 0 bridgehead atoms. The van der Waals surface area contributed by atoms with Gasteiger partial charge in [0.2, 0.25) is 0 Å². The second kappa shape index (κ2) is 9.23. The summed E-state index contributed by atoms with van der Waals surface area (Å²) in [4.78, 5) is 15.6. The molecule has 1 amide bonds. The fraction of sp³-hybridized carbons (Fsp3) is 0.182. The van der Waals surface area contributed by atoms with Crippen LogP contribution in [0.2, 0.25) is 10.0 Å². The van der Waals surface area contributed by atoms with Gasteiger partial charge in [-0.15, -0.1) is 5.10 Å². The van der Waals surface area contributed by atoms with Crippen LogP contribution in [0.4, 0.5) is 24.5 Å². The van der Waals surface area contributed by atoms with Gasteiger partial charge >= 0.3 is 6.18 Å². The quantitative estimate of drug-likeness (QED) is 0.335. The number of nitrogens with two attached hydrogens (primary N) is 1. The number of amides is 1. The van der Waals surface area contributed by atoms with Crippen molar-refractivity contribution in [2.24, 2.45) is 5.73 Å². The SMILES string of the molecule is CC(C)c1nc(C(F)(F)F)nn1-c1ccc(Nc2cn(-c3c(Cl)cccc3Cl)nc2C(N)=O)cc1. The molecule has 4 aromatic rings. The number of hydrogen-bond donors (Lipinski definition) is 2. The van der Waals surface area contributed by atoms with Crippen molar-refractivity contribution in [2.45, 2.75) is 25.9 Å². The van der Waals surface area contributed by atoms with Crippen molar-refractivity contribution < 1.29 is 18.0 Å². The summed E-state index contributed by atoms with van der Waals surface area (Å²) < 4.78 is 41.9. The Morgan fingerprint density at radius 2 is 1.69 bits per heavy atom. The van der Waals surface area contributed by atoms with E-state index in [2.05, 4.69) is 20.5 Å². The van der Waals surface area contributed by atoms with Crippen LogP contribution in [-0.2, 0) is 6.18 Å². The first-order valence-electron chi connectivity index (χ1n) is 10.2. The average molecular weight is 524 g/mol. The fourth-order valence-corrected chi connectivity index (χ4v) is 3.89. The van der Waals surface area contributed by atoms with E-state index in [0.717, 1.165) is 4.68 Å². The Balaban J connectivity index is 1.67. The standard InChI is InChI=1S/C22H18Cl2F3N7O/c1-11(2)20-30-21(22(25,26)27)32-34(20)13-8-6-12(7-9-13)29-16-10-33(31-17(16)19(28)35)18-14(23)4-3-5-15(18)24/h3-11,29H,1-2H3,(H2,28,35). The Labute approximate surface area is 207 Å². The summed E-state index contributed by atoms with van der Waals surface area (Å²) >= 11 is 12.5. The molecule has 2 aromatic carbocycles. The van der Waals surface area contributed by atoms with E-state index in [9.17, 15) is 18.0 Å². The van der Waals surface area contributed by atoms with Crippen molar-refractivity contribution in [3.05, 3.63) is 76.0 Å². The van der Waals surface area contributed by atoms with Gasteiger partial charge in [-0.1, -0.05) is 43.1 Å². The highest BCUT2D eigenvalue weighted by Crippen LogP contribution is 2.32. The van der Waals surface area contributed by atoms with Gasteiger partial charge in [-0.2, -0.15) is 18.3 Å². The minimum Gasteiger partial charge on any atom is -0.364 e. The van der Waals surface area contributed by atoms with Crippen LogP contribution < -0.4 is 11.1 Å². The van der Waals surface area contributed by atoms with Crippen LogP contribution in [-0.4, -0.2) is 30.5 Å². The van der Waals surface area contributed by atoms with E-state index in [1.54, 1.807) is 56.3 Å². The predicted octanol–water partition coefficient (Wildman–Crippen LogP) is 5.74. The van der Waals surface area contributed by atoms with Crippen LogP contribution >= 0.6 is 23.2 Å². The van der Waals surface area contributed by atoms with Gasteiger partial charge in [0, 0.05) is 11.6 Å². The Kier molecular flexibility index (Phi) is 6.48. The molecule has 0 radical (unpaired) electrons. The van der Waals surface area contributed by atoms with E-state index in [4.69, 9.17) is 28.9 Å². The summed E-state index contributed by atoms with van der Waals surface area (Å²) in [6.07, 6.45) is -3.16. The molecule has 0 saturated heterocycles. The lowest BCUT2D eigenvalue weighted by Gasteiger charge is -2.10. The number of rotatable bonds is 6. The second-order valence-electron chi connectivity index (χ2n) is 7.80. The molecular weight excluding hydrogens is 506 g/mol. The first kappa shape index (κ1) is 24.6. The Hall–Kier alpha value is -3.57. The van der Waals surface area contributed by atoms with Crippen LogP contribution in [0, 0.1) is 0 Å². The molecule has 8 nitrogen and oxygen atoms in total.